The topological polar surface area (TPSA) is 60.7 Å². The standard InChI is InChI=1S/C3H4N4O/c1-3(8)7-5-2-4-6-7/h2H,1H3. The summed E-state index contributed by atoms with van der Waals surface area (Å²) in [6.45, 7) is 1.36. The van der Waals surface area contributed by atoms with E-state index in [-0.39, 0.29) is 5.91 Å². The predicted molar refractivity (Wildman–Crippen MR) is 24.1 cm³/mol. The summed E-state index contributed by atoms with van der Waals surface area (Å²) in [5.41, 5.74) is 0. The fourth-order valence-electron chi connectivity index (χ4n) is 0.311. The highest BCUT2D eigenvalue weighted by atomic mass is 16.2. The average Bonchev–Trinajstić information content (AvgIpc) is 2.12. The minimum atomic E-state index is -0.234. The summed E-state index contributed by atoms with van der Waals surface area (Å²) in [6.07, 6.45) is 1.21. The molecule has 0 aromatic carbocycles. The SMILES string of the molecule is CC(=O)n1ncnn1. The molecule has 42 valence electrons. The van der Waals surface area contributed by atoms with Crippen LogP contribution in [0.3, 0.4) is 0 Å². The van der Waals surface area contributed by atoms with Crippen molar-refractivity contribution in [2.75, 3.05) is 0 Å². The lowest BCUT2D eigenvalue weighted by molar-refractivity contribution is 0.0900. The number of tetrazole rings is 1. The Morgan fingerprint density at radius 3 is 2.75 bits per heavy atom. The number of aromatic nitrogens is 4. The Balaban J connectivity index is 2.93. The Hall–Kier alpha value is -1.26. The van der Waals surface area contributed by atoms with Crippen molar-refractivity contribution in [3.05, 3.63) is 6.33 Å². The molecule has 0 atom stereocenters. The number of rotatable bonds is 0. The van der Waals surface area contributed by atoms with Gasteiger partial charge in [0.1, 0.15) is 0 Å². The van der Waals surface area contributed by atoms with Crippen LogP contribution in [0, 0.1) is 0 Å². The van der Waals surface area contributed by atoms with Crippen molar-refractivity contribution in [1.82, 2.24) is 20.2 Å². The first-order valence-electron chi connectivity index (χ1n) is 2.04. The van der Waals surface area contributed by atoms with Gasteiger partial charge in [0, 0.05) is 6.92 Å². The summed E-state index contributed by atoms with van der Waals surface area (Å²) in [4.78, 5) is 11.2. The van der Waals surface area contributed by atoms with Crippen molar-refractivity contribution in [1.29, 1.82) is 0 Å². The highest BCUT2D eigenvalue weighted by Crippen LogP contribution is 1.70. The smallest absolute Gasteiger partial charge is 0.263 e. The molecule has 1 heterocycles. The predicted octanol–water partition coefficient (Wildman–Crippen LogP) is -0.667. The van der Waals surface area contributed by atoms with Gasteiger partial charge in [-0.3, -0.25) is 4.79 Å². The van der Waals surface area contributed by atoms with E-state index in [0.29, 0.717) is 0 Å². The Morgan fingerprint density at radius 1 is 1.75 bits per heavy atom. The molecule has 0 aliphatic rings. The zero-order valence-electron chi connectivity index (χ0n) is 4.27. The van der Waals surface area contributed by atoms with Crippen LogP contribution in [0.4, 0.5) is 0 Å². The van der Waals surface area contributed by atoms with Crippen molar-refractivity contribution >= 4 is 5.91 Å². The molecule has 0 bridgehead atoms. The van der Waals surface area contributed by atoms with Crippen LogP contribution < -0.4 is 0 Å². The Morgan fingerprint density at radius 2 is 2.50 bits per heavy atom. The van der Waals surface area contributed by atoms with Crippen LogP contribution in [0.15, 0.2) is 6.33 Å². The van der Waals surface area contributed by atoms with E-state index in [9.17, 15) is 4.79 Å². The van der Waals surface area contributed by atoms with Gasteiger partial charge in [0.2, 0.25) is 0 Å². The summed E-state index contributed by atoms with van der Waals surface area (Å²) in [5.74, 6) is -0.234. The number of carbonyl (C=O) groups is 1. The van der Waals surface area contributed by atoms with Gasteiger partial charge in [0.05, 0.1) is 0 Å². The molecule has 0 aliphatic carbocycles. The van der Waals surface area contributed by atoms with Gasteiger partial charge in [-0.25, -0.2) is 0 Å². The molecule has 0 saturated carbocycles. The number of hydrogen-bond acceptors (Lipinski definition) is 4. The van der Waals surface area contributed by atoms with Crippen molar-refractivity contribution < 1.29 is 4.79 Å². The van der Waals surface area contributed by atoms with Gasteiger partial charge in [-0.1, -0.05) is 4.80 Å². The zero-order valence-corrected chi connectivity index (χ0v) is 4.27. The maximum absolute atomic E-state index is 10.3. The van der Waals surface area contributed by atoms with Gasteiger partial charge < -0.3 is 0 Å². The van der Waals surface area contributed by atoms with Crippen LogP contribution in [-0.4, -0.2) is 26.1 Å². The maximum Gasteiger partial charge on any atom is 0.263 e. The second kappa shape index (κ2) is 1.69. The number of hydrogen-bond donors (Lipinski definition) is 0. The first-order valence-corrected chi connectivity index (χ1v) is 2.04. The summed E-state index contributed by atoms with van der Waals surface area (Å²) in [6, 6.07) is 0. The molecule has 8 heavy (non-hydrogen) atoms. The molecule has 1 rings (SSSR count). The third kappa shape index (κ3) is 0.699. The molecule has 0 spiro atoms. The monoisotopic (exact) mass is 112 g/mol. The lowest BCUT2D eigenvalue weighted by atomic mass is 10.8. The van der Waals surface area contributed by atoms with Gasteiger partial charge >= 0.3 is 0 Å². The quantitative estimate of drug-likeness (QED) is 0.446. The highest BCUT2D eigenvalue weighted by molar-refractivity contribution is 5.73. The van der Waals surface area contributed by atoms with E-state index in [2.05, 4.69) is 15.4 Å². The maximum atomic E-state index is 10.3. The summed E-state index contributed by atoms with van der Waals surface area (Å²) in [5, 5.41) is 10.1. The van der Waals surface area contributed by atoms with Crippen molar-refractivity contribution in [2.24, 2.45) is 0 Å². The molecule has 0 radical (unpaired) electrons. The lowest BCUT2D eigenvalue weighted by Gasteiger charge is -1.82. The van der Waals surface area contributed by atoms with Crippen LogP contribution >= 0.6 is 0 Å². The van der Waals surface area contributed by atoms with Crippen LogP contribution in [0.25, 0.3) is 0 Å². The summed E-state index contributed by atoms with van der Waals surface area (Å²) < 4.78 is 0. The van der Waals surface area contributed by atoms with E-state index >= 15 is 0 Å². The molecular weight excluding hydrogens is 108 g/mol. The van der Waals surface area contributed by atoms with Crippen molar-refractivity contribution in [3.8, 4) is 0 Å². The van der Waals surface area contributed by atoms with Crippen LogP contribution in [0.2, 0.25) is 0 Å². The molecule has 5 heteroatoms. The van der Waals surface area contributed by atoms with E-state index in [4.69, 9.17) is 0 Å². The van der Waals surface area contributed by atoms with Gasteiger partial charge in [0.25, 0.3) is 5.91 Å². The van der Waals surface area contributed by atoms with Gasteiger partial charge in [-0.05, 0) is 5.21 Å². The van der Waals surface area contributed by atoms with E-state index in [1.807, 2.05) is 0 Å². The summed E-state index contributed by atoms with van der Waals surface area (Å²) >= 11 is 0. The number of nitrogens with zero attached hydrogens (tertiary/aromatic N) is 4. The normalized spacial score (nSPS) is 9.12. The Kier molecular flexibility index (Phi) is 1.03. The van der Waals surface area contributed by atoms with Crippen LogP contribution in [-0.2, 0) is 0 Å². The molecule has 1 aromatic heterocycles. The fraction of sp³-hybridized carbons (Fsp3) is 0.333. The number of carbonyl (C=O) groups excluding carboxylic acids is 1. The second-order valence-corrected chi connectivity index (χ2v) is 1.24. The third-order valence-electron chi connectivity index (χ3n) is 0.631. The summed E-state index contributed by atoms with van der Waals surface area (Å²) in [7, 11) is 0. The highest BCUT2D eigenvalue weighted by Gasteiger charge is 1.94. The molecule has 0 aliphatic heterocycles. The molecule has 1 aromatic rings. The minimum Gasteiger partial charge on any atom is -0.271 e. The van der Waals surface area contributed by atoms with E-state index in [1.54, 1.807) is 0 Å². The molecule has 0 unspecified atom stereocenters. The van der Waals surface area contributed by atoms with Crippen molar-refractivity contribution in [2.45, 2.75) is 6.92 Å². The van der Waals surface area contributed by atoms with E-state index in [0.717, 1.165) is 4.80 Å². The lowest BCUT2D eigenvalue weighted by Crippen LogP contribution is -2.08. The first-order chi connectivity index (χ1) is 3.80. The molecule has 5 nitrogen and oxygen atoms in total. The van der Waals surface area contributed by atoms with Gasteiger partial charge in [-0.15, -0.1) is 10.2 Å². The third-order valence-corrected chi connectivity index (χ3v) is 0.631. The molecular formula is C3H4N4O. The van der Waals surface area contributed by atoms with Gasteiger partial charge in [0.15, 0.2) is 6.33 Å². The van der Waals surface area contributed by atoms with Crippen LogP contribution in [0.5, 0.6) is 0 Å². The van der Waals surface area contributed by atoms with Crippen LogP contribution in [0.1, 0.15) is 11.7 Å². The van der Waals surface area contributed by atoms with Gasteiger partial charge in [-0.2, -0.15) is 0 Å². The molecule has 0 saturated heterocycles. The minimum absolute atomic E-state index is 0.234. The Labute approximate surface area is 45.3 Å². The zero-order chi connectivity index (χ0) is 5.98. The van der Waals surface area contributed by atoms with E-state index in [1.165, 1.54) is 13.3 Å². The molecule has 0 fully saturated rings. The first kappa shape index (κ1) is 4.89. The molecule has 0 amide bonds. The second-order valence-electron chi connectivity index (χ2n) is 1.24. The van der Waals surface area contributed by atoms with E-state index < -0.39 is 0 Å². The molecule has 0 N–H and O–H groups in total. The largest absolute Gasteiger partial charge is 0.271 e. The average molecular weight is 112 g/mol. The van der Waals surface area contributed by atoms with Crippen molar-refractivity contribution in [3.63, 3.8) is 0 Å². The fourth-order valence-corrected chi connectivity index (χ4v) is 0.311. The Bertz CT molecular complexity index is 179.